The van der Waals surface area contributed by atoms with Crippen LogP contribution in [0.1, 0.15) is 25.0 Å². The first-order valence-electron chi connectivity index (χ1n) is 8.83. The second-order valence-corrected chi connectivity index (χ2v) is 5.98. The van der Waals surface area contributed by atoms with Crippen LogP contribution in [-0.4, -0.2) is 31.7 Å². The summed E-state index contributed by atoms with van der Waals surface area (Å²) in [7, 11) is 1.59. The van der Waals surface area contributed by atoms with E-state index in [1.807, 2.05) is 36.4 Å². The van der Waals surface area contributed by atoms with E-state index in [1.165, 1.54) is 12.5 Å². The van der Waals surface area contributed by atoms with Crippen molar-refractivity contribution in [3.8, 4) is 11.5 Å². The molecular formula is C21H25NO5. The lowest BCUT2D eigenvalue weighted by Crippen LogP contribution is -2.36. The van der Waals surface area contributed by atoms with E-state index >= 15 is 0 Å². The highest BCUT2D eigenvalue weighted by atomic mass is 16.6. The number of hydrogen-bond donors (Lipinski definition) is 1. The predicted octanol–water partition coefficient (Wildman–Crippen LogP) is 2.88. The molecule has 0 fully saturated rings. The van der Waals surface area contributed by atoms with Gasteiger partial charge in [-0.25, -0.2) is 4.79 Å². The van der Waals surface area contributed by atoms with E-state index < -0.39 is 12.1 Å². The molecule has 0 spiro atoms. The van der Waals surface area contributed by atoms with Gasteiger partial charge in [0.1, 0.15) is 11.5 Å². The SMILES string of the molecule is CCc1ccc(OCC(=O)O[C@@H](C)C(=O)NCc2ccc(OC)cc2)cc1. The second kappa shape index (κ2) is 10.2. The molecule has 0 saturated carbocycles. The molecular weight excluding hydrogens is 346 g/mol. The smallest absolute Gasteiger partial charge is 0.344 e. The van der Waals surface area contributed by atoms with E-state index in [0.29, 0.717) is 12.3 Å². The van der Waals surface area contributed by atoms with Gasteiger partial charge in [-0.1, -0.05) is 31.2 Å². The fourth-order valence-electron chi connectivity index (χ4n) is 2.32. The summed E-state index contributed by atoms with van der Waals surface area (Å²) in [4.78, 5) is 23.9. The molecule has 144 valence electrons. The van der Waals surface area contributed by atoms with Crippen molar-refractivity contribution < 1.29 is 23.8 Å². The van der Waals surface area contributed by atoms with Crippen LogP contribution in [-0.2, 0) is 27.3 Å². The Balaban J connectivity index is 1.72. The zero-order chi connectivity index (χ0) is 19.6. The molecule has 27 heavy (non-hydrogen) atoms. The fourth-order valence-corrected chi connectivity index (χ4v) is 2.32. The first-order chi connectivity index (χ1) is 13.0. The topological polar surface area (TPSA) is 73.9 Å². The Labute approximate surface area is 159 Å². The first-order valence-corrected chi connectivity index (χ1v) is 8.83. The minimum Gasteiger partial charge on any atom is -0.497 e. The highest BCUT2D eigenvalue weighted by Gasteiger charge is 2.17. The molecule has 0 aliphatic rings. The van der Waals surface area contributed by atoms with Gasteiger partial charge < -0.3 is 19.5 Å². The Hall–Kier alpha value is -3.02. The lowest BCUT2D eigenvalue weighted by molar-refractivity contribution is -0.156. The summed E-state index contributed by atoms with van der Waals surface area (Å²) in [6, 6.07) is 14.8. The third kappa shape index (κ3) is 6.66. The molecule has 6 nitrogen and oxygen atoms in total. The van der Waals surface area contributed by atoms with Crippen molar-refractivity contribution in [3.05, 3.63) is 59.7 Å². The molecule has 0 aliphatic heterocycles. The average molecular weight is 371 g/mol. The van der Waals surface area contributed by atoms with Gasteiger partial charge in [-0.3, -0.25) is 4.79 Å². The van der Waals surface area contributed by atoms with Gasteiger partial charge in [0.05, 0.1) is 7.11 Å². The van der Waals surface area contributed by atoms with Crippen molar-refractivity contribution >= 4 is 11.9 Å². The summed E-state index contributed by atoms with van der Waals surface area (Å²) in [6.07, 6.45) is 0.0349. The molecule has 2 aromatic carbocycles. The lowest BCUT2D eigenvalue weighted by atomic mass is 10.2. The number of methoxy groups -OCH3 is 1. The zero-order valence-electron chi connectivity index (χ0n) is 15.9. The molecule has 0 saturated heterocycles. The second-order valence-electron chi connectivity index (χ2n) is 5.98. The Morgan fingerprint density at radius 3 is 2.15 bits per heavy atom. The fraction of sp³-hybridized carbons (Fsp3) is 0.333. The number of aryl methyl sites for hydroxylation is 1. The van der Waals surface area contributed by atoms with E-state index in [2.05, 4.69) is 12.2 Å². The Morgan fingerprint density at radius 1 is 0.963 bits per heavy atom. The molecule has 1 amide bonds. The van der Waals surface area contributed by atoms with Crippen LogP contribution in [0.15, 0.2) is 48.5 Å². The van der Waals surface area contributed by atoms with Crippen LogP contribution in [0.25, 0.3) is 0 Å². The van der Waals surface area contributed by atoms with Gasteiger partial charge >= 0.3 is 5.97 Å². The average Bonchev–Trinajstić information content (AvgIpc) is 2.71. The maximum atomic E-state index is 12.1. The van der Waals surface area contributed by atoms with Gasteiger partial charge in [0.2, 0.25) is 0 Å². The maximum Gasteiger partial charge on any atom is 0.344 e. The number of rotatable bonds is 9. The highest BCUT2D eigenvalue weighted by Crippen LogP contribution is 2.13. The van der Waals surface area contributed by atoms with Crippen LogP contribution in [0.2, 0.25) is 0 Å². The zero-order valence-corrected chi connectivity index (χ0v) is 15.9. The number of amides is 1. The monoisotopic (exact) mass is 371 g/mol. The summed E-state index contributed by atoms with van der Waals surface area (Å²) >= 11 is 0. The summed E-state index contributed by atoms with van der Waals surface area (Å²) in [5.74, 6) is 0.366. The molecule has 2 rings (SSSR count). The standard InChI is InChI=1S/C21H25NO5/c1-4-16-5-11-19(12-6-16)26-14-20(23)27-15(2)21(24)22-13-17-7-9-18(25-3)10-8-17/h5-12,15H,4,13-14H2,1-3H3,(H,22,24)/t15-/m0/s1. The molecule has 6 heteroatoms. The first kappa shape index (κ1) is 20.3. The van der Waals surface area contributed by atoms with Crippen molar-refractivity contribution in [2.24, 2.45) is 0 Å². The van der Waals surface area contributed by atoms with Gasteiger partial charge in [0.25, 0.3) is 5.91 Å². The van der Waals surface area contributed by atoms with Crippen LogP contribution < -0.4 is 14.8 Å². The molecule has 0 unspecified atom stereocenters. The number of nitrogens with one attached hydrogen (secondary N) is 1. The molecule has 1 N–H and O–H groups in total. The van der Waals surface area contributed by atoms with Gasteiger partial charge in [0, 0.05) is 6.54 Å². The van der Waals surface area contributed by atoms with Crippen molar-refractivity contribution in [2.75, 3.05) is 13.7 Å². The van der Waals surface area contributed by atoms with E-state index in [0.717, 1.165) is 17.7 Å². The lowest BCUT2D eigenvalue weighted by Gasteiger charge is -2.14. The molecule has 0 radical (unpaired) electrons. The highest BCUT2D eigenvalue weighted by molar-refractivity contribution is 5.83. The predicted molar refractivity (Wildman–Crippen MR) is 102 cm³/mol. The van der Waals surface area contributed by atoms with E-state index in [-0.39, 0.29) is 12.5 Å². The maximum absolute atomic E-state index is 12.1. The number of ether oxygens (including phenoxy) is 3. The van der Waals surface area contributed by atoms with Crippen molar-refractivity contribution in [2.45, 2.75) is 32.9 Å². The van der Waals surface area contributed by atoms with Crippen LogP contribution >= 0.6 is 0 Å². The minimum atomic E-state index is -0.901. The third-order valence-electron chi connectivity index (χ3n) is 3.99. The van der Waals surface area contributed by atoms with Gasteiger partial charge in [-0.05, 0) is 48.7 Å². The van der Waals surface area contributed by atoms with Gasteiger partial charge in [-0.2, -0.15) is 0 Å². The number of benzene rings is 2. The Kier molecular flexibility index (Phi) is 7.67. The number of hydrogen-bond acceptors (Lipinski definition) is 5. The quantitative estimate of drug-likeness (QED) is 0.686. The number of esters is 1. The molecule has 0 heterocycles. The van der Waals surface area contributed by atoms with Crippen LogP contribution in [0.4, 0.5) is 0 Å². The largest absolute Gasteiger partial charge is 0.497 e. The van der Waals surface area contributed by atoms with Crippen molar-refractivity contribution in [1.29, 1.82) is 0 Å². The number of carbonyl (C=O) groups is 2. The Bertz CT molecular complexity index is 740. The third-order valence-corrected chi connectivity index (χ3v) is 3.99. The minimum absolute atomic E-state index is 0.248. The molecule has 1 atom stereocenters. The molecule has 0 bridgehead atoms. The van der Waals surface area contributed by atoms with Gasteiger partial charge in [0.15, 0.2) is 12.7 Å². The van der Waals surface area contributed by atoms with Crippen LogP contribution in [0.3, 0.4) is 0 Å². The summed E-state index contributed by atoms with van der Waals surface area (Å²) in [5, 5.41) is 2.73. The van der Waals surface area contributed by atoms with E-state index in [1.54, 1.807) is 19.2 Å². The van der Waals surface area contributed by atoms with E-state index in [9.17, 15) is 9.59 Å². The van der Waals surface area contributed by atoms with E-state index in [4.69, 9.17) is 14.2 Å². The Morgan fingerprint density at radius 2 is 1.56 bits per heavy atom. The normalized spacial score (nSPS) is 11.4. The van der Waals surface area contributed by atoms with Gasteiger partial charge in [-0.15, -0.1) is 0 Å². The molecule has 0 aliphatic carbocycles. The van der Waals surface area contributed by atoms with Crippen LogP contribution in [0, 0.1) is 0 Å². The summed E-state index contributed by atoms with van der Waals surface area (Å²) < 4.78 is 15.6. The molecule has 0 aromatic heterocycles. The van der Waals surface area contributed by atoms with Crippen LogP contribution in [0.5, 0.6) is 11.5 Å². The number of carbonyl (C=O) groups excluding carboxylic acids is 2. The van der Waals surface area contributed by atoms with Crippen molar-refractivity contribution in [3.63, 3.8) is 0 Å². The summed E-state index contributed by atoms with van der Waals surface area (Å²) in [6.45, 7) is 3.68. The molecule has 2 aromatic rings. The summed E-state index contributed by atoms with van der Waals surface area (Å²) in [5.41, 5.74) is 2.11. The van der Waals surface area contributed by atoms with Crippen molar-refractivity contribution in [1.82, 2.24) is 5.32 Å².